The number of hydrogen-bond donors (Lipinski definition) is 0. The summed E-state index contributed by atoms with van der Waals surface area (Å²) >= 11 is 0. The Balaban J connectivity index is 1.12. The zero-order valence-corrected chi connectivity index (χ0v) is 17.5. The Labute approximate surface area is 142 Å². The third-order valence-corrected chi connectivity index (χ3v) is 116. The Bertz CT molecular complexity index is 2010. The van der Waals surface area contributed by atoms with Gasteiger partial charge in [-0.3, -0.25) is 0 Å². The average Bonchev–Trinajstić information content (AvgIpc) is 3.61. The van der Waals surface area contributed by atoms with E-state index in [1.54, 1.807) is 0 Å². The quantitative estimate of drug-likeness (QED) is 0.462. The van der Waals surface area contributed by atoms with Crippen LogP contribution in [0.5, 0.6) is 0 Å². The average molecular weight is 447 g/mol. The Morgan fingerprint density at radius 2 is 1.00 bits per heavy atom. The van der Waals surface area contributed by atoms with Crippen molar-refractivity contribution in [2.45, 2.75) is 95.3 Å². The molecule has 3 heteroatoms. The first kappa shape index (κ1) is 8.97. The van der Waals surface area contributed by atoms with Crippen LogP contribution in [0.15, 0.2) is 18.3 Å². The number of fused-ring (bicyclic) bond motifs is 20. The molecule has 20 aliphatic rings. The van der Waals surface area contributed by atoms with Crippen LogP contribution in [0.2, 0.25) is 86.7 Å². The van der Waals surface area contributed by atoms with Gasteiger partial charge in [0, 0.05) is 0 Å². The summed E-state index contributed by atoms with van der Waals surface area (Å²) in [5.74, 6) is 0. The molecule has 8 unspecified atom stereocenters. The van der Waals surface area contributed by atoms with E-state index in [-0.39, 0.29) is 0 Å². The van der Waals surface area contributed by atoms with Crippen molar-refractivity contribution in [1.29, 1.82) is 0 Å². The van der Waals surface area contributed by atoms with Crippen LogP contribution in [0.4, 0.5) is 0 Å². The van der Waals surface area contributed by atoms with Crippen molar-refractivity contribution in [2.75, 3.05) is 0 Å². The Morgan fingerprint density at radius 3 is 1.36 bits per heavy atom. The summed E-state index contributed by atoms with van der Waals surface area (Å²) in [5.41, 5.74) is 4.10. The number of pyridine rings is 1. The number of nitrogens with zero attached hydrogens (tertiary/aromatic N) is 1. The van der Waals surface area contributed by atoms with Gasteiger partial charge in [0.1, 0.15) is 0 Å². The molecule has 0 aromatic carbocycles. The fourth-order valence-corrected chi connectivity index (χ4v) is 183. The van der Waals surface area contributed by atoms with E-state index in [4.69, 9.17) is 4.98 Å². The monoisotopic (exact) mass is 447 g/mol. The third kappa shape index (κ3) is 0.0824. The van der Waals surface area contributed by atoms with Gasteiger partial charge in [-0.2, -0.15) is 0 Å². The van der Waals surface area contributed by atoms with Crippen LogP contribution in [0, 0.1) is 0 Å². The van der Waals surface area contributed by atoms with Crippen LogP contribution in [0.3, 0.4) is 0 Å². The molecule has 21 heterocycles. The second kappa shape index (κ2) is 0.675. The van der Waals surface area contributed by atoms with Gasteiger partial charge in [-0.1, -0.05) is 0 Å². The molecule has 0 bridgehead atoms. The van der Waals surface area contributed by atoms with E-state index in [0.29, 0.717) is 0 Å². The second-order valence-electron chi connectivity index (χ2n) is 20.8. The molecule has 2 spiro atoms. The van der Waals surface area contributed by atoms with Gasteiger partial charge in [0.2, 0.25) is 0 Å². The molecule has 0 aliphatic carbocycles. The molecule has 20 saturated heterocycles. The van der Waals surface area contributed by atoms with Crippen molar-refractivity contribution in [3.63, 3.8) is 0 Å². The fourth-order valence-electron chi connectivity index (χ4n) is 34.8. The predicted octanol–water partition coefficient (Wildman–Crippen LogP) is 6.67. The van der Waals surface area contributed by atoms with E-state index in [2.05, 4.69) is 23.9 Å². The Morgan fingerprint density at radius 1 is 0.571 bits per heavy atom. The molecular weight excluding hydrogens is 426 g/mol. The van der Waals surface area contributed by atoms with E-state index in [1.807, 2.05) is 5.69 Å². The first-order valence-electron chi connectivity index (χ1n) is 12.7. The molecule has 0 saturated carbocycles. The van der Waals surface area contributed by atoms with Crippen LogP contribution in [-0.2, 0) is 21.6 Å². The minimum atomic E-state index is -3.09. The summed E-state index contributed by atoms with van der Waals surface area (Å²) in [4.78, 5) is 32.0. The molecule has 20 aliphatic heterocycles. The number of rotatable bonds is 2. The summed E-state index contributed by atoms with van der Waals surface area (Å²) in [6.07, 6.45) is 2.32. The van der Waals surface area contributed by atoms with E-state index < -0.39 is 13.0 Å². The van der Waals surface area contributed by atoms with Gasteiger partial charge in [-0.15, -0.1) is 0 Å². The molecule has 142 valence electrons. The molecule has 0 N–H and O–H groups in total. The Hall–Kier alpha value is 0.189. The molecule has 1 aromatic rings. The summed E-state index contributed by atoms with van der Waals surface area (Å²) in [5, 5.41) is 0. The Kier molecular flexibility index (Phi) is 0.216. The van der Waals surface area contributed by atoms with Crippen LogP contribution in [0.1, 0.15) is 11.3 Å². The number of aromatic nitrogens is 1. The summed E-state index contributed by atoms with van der Waals surface area (Å²) in [6, 6.07) is 5.27. The molecule has 8 atom stereocenters. The first-order valence-corrected chi connectivity index (χ1v) is 25.3. The summed E-state index contributed by atoms with van der Waals surface area (Å²) in [7, 11) is 0. The van der Waals surface area contributed by atoms with Crippen molar-refractivity contribution >= 4 is 0 Å². The molecule has 1 nitrogen and oxygen atoms in total. The standard InChI is InChI=1S/C15H11N.2C5H5.2Fe/c1-2-7-12(6-1)14-10-5-11-16-15(14)13-8-3-4-9-13;2*1-2-4-5-3-1;;/h1-11H;2*1-5H;;. The molecule has 1 aromatic heterocycles. The molecule has 0 amide bonds. The van der Waals surface area contributed by atoms with Crippen molar-refractivity contribution < 1.29 is 13.0 Å². The van der Waals surface area contributed by atoms with Crippen LogP contribution in [-0.4, -0.2) is 4.98 Å². The van der Waals surface area contributed by atoms with Crippen molar-refractivity contribution in [3.05, 3.63) is 29.6 Å². The zero-order valence-electron chi connectivity index (χ0n) is 15.3. The van der Waals surface area contributed by atoms with Crippen LogP contribution >= 0.6 is 0 Å². The number of hydrogen-bond acceptors (Lipinski definition) is 1. The van der Waals surface area contributed by atoms with E-state index >= 15 is 0 Å². The van der Waals surface area contributed by atoms with Crippen molar-refractivity contribution in [3.8, 4) is 0 Å². The second-order valence-corrected chi connectivity index (χ2v) is 67.9. The van der Waals surface area contributed by atoms with Crippen LogP contribution < -0.4 is 0 Å². The summed E-state index contributed by atoms with van der Waals surface area (Å²) < 4.78 is 1.90. The van der Waals surface area contributed by atoms with Crippen molar-refractivity contribution in [2.24, 2.45) is 0 Å². The van der Waals surface area contributed by atoms with Gasteiger partial charge in [-0.05, 0) is 0 Å². The molecular formula is C25H21Fe2N. The SMILES string of the molecule is c1cnc([C]23[CH]4[CH]5[CH]6[CH]2[Fe]56432789[CH]3[CH]2[CH]7[CH]8[CH]39)c([C]23[CH]4[CH]5[CH]6[CH]2[Fe]56432789[CH]3[CH]2[CH]7[CH]8[CH]39)c1. The normalized spacial score (nSPS) is 143. The predicted molar refractivity (Wildman–Crippen MR) is 95.1 cm³/mol. The van der Waals surface area contributed by atoms with Gasteiger partial charge >= 0.3 is 143 Å². The van der Waals surface area contributed by atoms with Gasteiger partial charge in [0.25, 0.3) is 0 Å². The molecule has 28 heavy (non-hydrogen) atoms. The van der Waals surface area contributed by atoms with Gasteiger partial charge in [0.15, 0.2) is 0 Å². The molecule has 0 radical (unpaired) electrons. The van der Waals surface area contributed by atoms with Gasteiger partial charge in [-0.25, -0.2) is 0 Å². The van der Waals surface area contributed by atoms with E-state index in [9.17, 15) is 0 Å². The maximum atomic E-state index is 5.62. The van der Waals surface area contributed by atoms with E-state index in [0.717, 1.165) is 8.63 Å². The minimum absolute atomic E-state index is 0.927. The van der Waals surface area contributed by atoms with E-state index in [1.165, 1.54) is 86.7 Å². The first-order chi connectivity index (χ1) is 13.3. The van der Waals surface area contributed by atoms with Gasteiger partial charge < -0.3 is 0 Å². The fraction of sp³-hybridized carbons (Fsp3) is 0.800. The van der Waals surface area contributed by atoms with Crippen molar-refractivity contribution in [1.82, 2.24) is 4.98 Å². The third-order valence-electron chi connectivity index (χ3n) is 30.9. The van der Waals surface area contributed by atoms with Gasteiger partial charge in [0.05, 0.1) is 0 Å². The summed E-state index contributed by atoms with van der Waals surface area (Å²) in [6.45, 7) is -6.17. The molecule has 21 rings (SSSR count). The topological polar surface area (TPSA) is 12.9 Å². The molecule has 20 fully saturated rings. The maximum absolute atomic E-state index is 5.62. The van der Waals surface area contributed by atoms with Crippen LogP contribution in [0.25, 0.3) is 0 Å². The zero-order chi connectivity index (χ0) is 16.0.